The molecular weight excluding hydrogens is 631 g/mol. The molecule has 0 aliphatic rings. The number of nitrogens with zero attached hydrogens (tertiary/aromatic N) is 20. The zero-order valence-corrected chi connectivity index (χ0v) is 21.1. The number of tetrazole rings is 4. The Morgan fingerprint density at radius 1 is 0.342 bits per heavy atom. The Kier molecular flexibility index (Phi) is 86.8. The van der Waals surface area contributed by atoms with Gasteiger partial charge in [-0.3, -0.25) is 40.9 Å². The van der Waals surface area contributed by atoms with Gasteiger partial charge in [-0.25, -0.2) is 20.4 Å². The summed E-state index contributed by atoms with van der Waals surface area (Å²) in [5, 5.41) is 66.5. The standard InChI is InChI=1S/2C2N10.2Cu.8H3N.4H2O/c2*3(1-5-9-10-6-1)4-2-7-11-12-8-2;;;;;;;;;;;;;;/h;;;;8*1H3;4*1H2/q2*-2;2*+2;;;;;;;;;;;;/b2*4-3+;;;;;;;;;;;;;;. The molecule has 4 aromatic rings. The van der Waals surface area contributed by atoms with E-state index in [1.165, 1.54) is 0 Å². The quantitative estimate of drug-likeness (QED) is 0.0746. The van der Waals surface area contributed by atoms with Crippen LogP contribution < -0.4 is 69.6 Å². The minimum atomic E-state index is 0. The van der Waals surface area contributed by atoms with Gasteiger partial charge in [-0.15, -0.1) is 20.9 Å². The number of hydrogen-bond donors (Lipinski definition) is 8. The largest absolute Gasteiger partial charge is 2.00 e. The van der Waals surface area contributed by atoms with Crippen LogP contribution in [0.1, 0.15) is 0 Å². The van der Waals surface area contributed by atoms with Crippen molar-refractivity contribution in [1.29, 1.82) is 0 Å². The minimum absolute atomic E-state index is 0. The van der Waals surface area contributed by atoms with E-state index in [-0.39, 0.29) is 129 Å². The van der Waals surface area contributed by atoms with Crippen LogP contribution >= 0.6 is 0 Å². The molecular formula is C4H32Cu2N28O4. The van der Waals surface area contributed by atoms with Gasteiger partial charge < -0.3 is 71.1 Å². The number of aromatic nitrogens is 16. The first-order valence-corrected chi connectivity index (χ1v) is 5.48. The van der Waals surface area contributed by atoms with Gasteiger partial charge in [-0.2, -0.15) is 20.9 Å². The molecule has 0 atom stereocenters. The van der Waals surface area contributed by atoms with Gasteiger partial charge in [0.05, 0.1) is 0 Å². The molecule has 0 spiro atoms. The molecule has 34 heteroatoms. The van der Waals surface area contributed by atoms with Crippen LogP contribution in [0, 0.1) is 0 Å². The van der Waals surface area contributed by atoms with Crippen LogP contribution in [0.25, 0.3) is 0 Å². The molecule has 0 fully saturated rings. The van der Waals surface area contributed by atoms with Crippen LogP contribution in [-0.2, 0) is 34.1 Å². The van der Waals surface area contributed by atoms with E-state index in [2.05, 4.69) is 103 Å². The van der Waals surface area contributed by atoms with Gasteiger partial charge in [-0.05, 0) is 0 Å². The van der Waals surface area contributed by atoms with Gasteiger partial charge >= 0.3 is 34.1 Å². The van der Waals surface area contributed by atoms with Crippen molar-refractivity contribution in [3.8, 4) is 0 Å². The normalized spacial score (nSPS) is 6.95. The van der Waals surface area contributed by atoms with Crippen LogP contribution in [0.5, 0.6) is 0 Å². The van der Waals surface area contributed by atoms with Crippen LogP contribution in [-0.4, -0.2) is 84.0 Å². The zero-order chi connectivity index (χ0) is 16.5. The van der Waals surface area contributed by atoms with Crippen molar-refractivity contribution in [3.63, 3.8) is 0 Å². The third-order valence-electron chi connectivity index (χ3n) is 1.69. The molecule has 0 aliphatic heterocycles. The SMILES string of the molecule is N.N.N.N.N.N.N.N.N(=N\c1nnn[n-]1)/c1nnn[n-]1.N(=N\c1nnn[n-]1)/c1nnn[n-]1.O.O.O.O.[Cu+2].[Cu+2]. The van der Waals surface area contributed by atoms with E-state index >= 15 is 0 Å². The smallest absolute Gasteiger partial charge is 0.412 e. The maximum atomic E-state index is 3.48. The zero-order valence-electron chi connectivity index (χ0n) is 19.2. The Morgan fingerprint density at radius 2 is 0.500 bits per heavy atom. The summed E-state index contributed by atoms with van der Waals surface area (Å²) in [4.78, 5) is 0. The third kappa shape index (κ3) is 26.6. The Morgan fingerprint density at radius 3 is 0.605 bits per heavy atom. The Balaban J connectivity index is -0.0000000260. The molecule has 38 heavy (non-hydrogen) atoms. The molecule has 0 aromatic carbocycles. The van der Waals surface area contributed by atoms with E-state index in [0.29, 0.717) is 0 Å². The molecule has 0 aliphatic carbocycles. The Labute approximate surface area is 232 Å². The van der Waals surface area contributed by atoms with Crippen LogP contribution in [0.15, 0.2) is 20.5 Å². The molecule has 32 nitrogen and oxygen atoms in total. The first-order chi connectivity index (χ1) is 11.9. The van der Waals surface area contributed by atoms with Crippen molar-refractivity contribution < 1.29 is 56.0 Å². The van der Waals surface area contributed by atoms with Gasteiger partial charge in [0.15, 0.2) is 0 Å². The topological polar surface area (TPSA) is 667 Å². The van der Waals surface area contributed by atoms with Crippen molar-refractivity contribution in [2.75, 3.05) is 0 Å². The second-order valence-corrected chi connectivity index (χ2v) is 3.12. The van der Waals surface area contributed by atoms with Gasteiger partial charge in [0.2, 0.25) is 0 Å². The van der Waals surface area contributed by atoms with Crippen molar-refractivity contribution in [1.82, 2.24) is 132 Å². The maximum absolute atomic E-state index is 3.48. The summed E-state index contributed by atoms with van der Waals surface area (Å²) < 4.78 is 0. The predicted octanol–water partition coefficient (Wildman–Crippen LogP) is -5.23. The molecule has 0 saturated carbocycles. The summed E-state index contributed by atoms with van der Waals surface area (Å²) >= 11 is 0. The molecule has 32 N–H and O–H groups in total. The summed E-state index contributed by atoms with van der Waals surface area (Å²) in [5.74, 6) is 0.166. The second-order valence-electron chi connectivity index (χ2n) is 3.12. The fraction of sp³-hybridized carbons (Fsp3) is 0. The summed E-state index contributed by atoms with van der Waals surface area (Å²) in [6.45, 7) is 0. The average molecular weight is 664 g/mol. The first-order valence-electron chi connectivity index (χ1n) is 5.48. The number of azo groups is 2. The molecule has 2 radical (unpaired) electrons. The van der Waals surface area contributed by atoms with Crippen LogP contribution in [0.3, 0.4) is 0 Å². The van der Waals surface area contributed by atoms with Gasteiger partial charge in [0, 0.05) is 0 Å². The van der Waals surface area contributed by atoms with Crippen molar-refractivity contribution in [2.24, 2.45) is 20.5 Å². The minimum Gasteiger partial charge on any atom is -0.412 e. The van der Waals surface area contributed by atoms with E-state index in [1.807, 2.05) is 0 Å². The van der Waals surface area contributed by atoms with Gasteiger partial charge in [0.25, 0.3) is 0 Å². The molecule has 4 heterocycles. The first kappa shape index (κ1) is 76.5. The summed E-state index contributed by atoms with van der Waals surface area (Å²) in [7, 11) is 0. The van der Waals surface area contributed by atoms with Crippen molar-refractivity contribution in [3.05, 3.63) is 0 Å². The van der Waals surface area contributed by atoms with E-state index in [1.54, 1.807) is 0 Å². The second kappa shape index (κ2) is 43.1. The summed E-state index contributed by atoms with van der Waals surface area (Å²) in [6.07, 6.45) is 0. The van der Waals surface area contributed by atoms with Crippen molar-refractivity contribution >= 4 is 23.8 Å². The maximum Gasteiger partial charge on any atom is 2.00 e. The number of hydrogen-bond acceptors (Lipinski definition) is 24. The number of rotatable bonds is 4. The van der Waals surface area contributed by atoms with E-state index in [9.17, 15) is 0 Å². The van der Waals surface area contributed by atoms with E-state index in [0.717, 1.165) is 0 Å². The molecule has 4 rings (SSSR count). The monoisotopic (exact) mass is 662 g/mol. The molecule has 0 amide bonds. The Hall–Kier alpha value is -3.96. The molecule has 234 valence electrons. The van der Waals surface area contributed by atoms with Gasteiger partial charge in [0.1, 0.15) is 23.8 Å². The van der Waals surface area contributed by atoms with Crippen LogP contribution in [0.2, 0.25) is 0 Å². The predicted molar refractivity (Wildman–Crippen MR) is 116 cm³/mol. The van der Waals surface area contributed by atoms with E-state index < -0.39 is 0 Å². The van der Waals surface area contributed by atoms with Crippen molar-refractivity contribution in [2.45, 2.75) is 0 Å². The molecule has 0 unspecified atom stereocenters. The molecule has 0 bridgehead atoms. The fourth-order valence-corrected chi connectivity index (χ4v) is 0.899. The van der Waals surface area contributed by atoms with Crippen LogP contribution in [0.4, 0.5) is 23.8 Å². The fourth-order valence-electron chi connectivity index (χ4n) is 0.899. The van der Waals surface area contributed by atoms with E-state index in [4.69, 9.17) is 0 Å². The molecule has 4 aromatic heterocycles. The summed E-state index contributed by atoms with van der Waals surface area (Å²) in [6, 6.07) is 0. The molecule has 0 saturated heterocycles. The Bertz CT molecular complexity index is 715. The third-order valence-corrected chi connectivity index (χ3v) is 1.69. The summed E-state index contributed by atoms with van der Waals surface area (Å²) in [5.41, 5.74) is 0. The average Bonchev–Trinajstić information content (AvgIpc) is 3.43. The van der Waals surface area contributed by atoms with Gasteiger partial charge in [-0.1, -0.05) is 0 Å².